The van der Waals surface area contributed by atoms with Gasteiger partial charge in [0.1, 0.15) is 0 Å². The van der Waals surface area contributed by atoms with Crippen LogP contribution in [0, 0.1) is 11.8 Å². The highest BCUT2D eigenvalue weighted by molar-refractivity contribution is 4.83. The number of nitrogens with zero attached hydrogens (tertiary/aromatic N) is 1. The molecule has 0 spiro atoms. The third-order valence-electron chi connectivity index (χ3n) is 4.31. The summed E-state index contributed by atoms with van der Waals surface area (Å²) in [5.41, 5.74) is -0.553. The fraction of sp³-hybridized carbons (Fsp3) is 1.00. The summed E-state index contributed by atoms with van der Waals surface area (Å²) >= 11 is 0. The molecule has 0 aromatic heterocycles. The van der Waals surface area contributed by atoms with E-state index in [0.717, 1.165) is 32.1 Å². The molecular weight excluding hydrogens is 224 g/mol. The smallest absolute Gasteiger partial charge is 0.0768 e. The predicted molar refractivity (Wildman–Crippen MR) is 77.8 cm³/mol. The molecule has 1 atom stereocenters. The normalized spacial score (nSPS) is 22.7. The first kappa shape index (κ1) is 15.9. The summed E-state index contributed by atoms with van der Waals surface area (Å²) in [6.45, 7) is 14.8. The maximum absolute atomic E-state index is 10.3. The number of hydrogen-bond acceptors (Lipinski definition) is 3. The molecule has 0 aromatic rings. The summed E-state index contributed by atoms with van der Waals surface area (Å²) in [5.74, 6) is 1.13. The van der Waals surface area contributed by atoms with E-state index in [1.807, 2.05) is 6.92 Å². The molecule has 1 heterocycles. The predicted octanol–water partition coefficient (Wildman–Crippen LogP) is 2.10. The third kappa shape index (κ3) is 5.25. The Morgan fingerprint density at radius 1 is 1.22 bits per heavy atom. The molecule has 0 aromatic carbocycles. The van der Waals surface area contributed by atoms with Crippen molar-refractivity contribution in [2.24, 2.45) is 11.8 Å². The molecule has 108 valence electrons. The van der Waals surface area contributed by atoms with Crippen molar-refractivity contribution in [3.05, 3.63) is 0 Å². The standard InChI is InChI=1S/C15H32N2O/c1-12(2)15(5,18)11-17-8-6-14(7-9-17)10-16-13(3)4/h12-14,16,18H,6-11H2,1-5H3. The number of rotatable bonds is 6. The van der Waals surface area contributed by atoms with E-state index >= 15 is 0 Å². The number of nitrogens with one attached hydrogen (secondary N) is 1. The third-order valence-corrected chi connectivity index (χ3v) is 4.31. The maximum atomic E-state index is 10.3. The molecule has 18 heavy (non-hydrogen) atoms. The minimum atomic E-state index is -0.553. The van der Waals surface area contributed by atoms with Gasteiger partial charge in [-0.15, -0.1) is 0 Å². The van der Waals surface area contributed by atoms with Crippen molar-refractivity contribution in [3.8, 4) is 0 Å². The van der Waals surface area contributed by atoms with Crippen molar-refractivity contribution < 1.29 is 5.11 Å². The lowest BCUT2D eigenvalue weighted by atomic mass is 9.90. The molecular formula is C15H32N2O. The van der Waals surface area contributed by atoms with Crippen LogP contribution in [0.4, 0.5) is 0 Å². The Hall–Kier alpha value is -0.120. The van der Waals surface area contributed by atoms with Gasteiger partial charge in [-0.3, -0.25) is 0 Å². The highest BCUT2D eigenvalue weighted by Crippen LogP contribution is 2.22. The van der Waals surface area contributed by atoms with Gasteiger partial charge in [0.15, 0.2) is 0 Å². The SMILES string of the molecule is CC(C)NCC1CCN(CC(C)(O)C(C)C)CC1. The number of β-amino-alcohol motifs (C(OH)–C–C–N with tert-alkyl or cyclic N) is 1. The molecule has 3 heteroatoms. The molecule has 0 aliphatic carbocycles. The quantitative estimate of drug-likeness (QED) is 0.764. The van der Waals surface area contributed by atoms with Gasteiger partial charge in [0, 0.05) is 12.6 Å². The first-order chi connectivity index (χ1) is 8.31. The minimum Gasteiger partial charge on any atom is -0.389 e. The molecule has 2 N–H and O–H groups in total. The van der Waals surface area contributed by atoms with Crippen molar-refractivity contribution in [1.82, 2.24) is 10.2 Å². The Labute approximate surface area is 113 Å². The molecule has 3 nitrogen and oxygen atoms in total. The largest absolute Gasteiger partial charge is 0.389 e. The molecule has 1 saturated heterocycles. The zero-order chi connectivity index (χ0) is 13.8. The number of hydrogen-bond donors (Lipinski definition) is 2. The zero-order valence-electron chi connectivity index (χ0n) is 12.9. The van der Waals surface area contributed by atoms with Gasteiger partial charge in [0.2, 0.25) is 0 Å². The van der Waals surface area contributed by atoms with Crippen LogP contribution in [0.5, 0.6) is 0 Å². The van der Waals surface area contributed by atoms with Gasteiger partial charge < -0.3 is 15.3 Å². The lowest BCUT2D eigenvalue weighted by molar-refractivity contribution is -0.0258. The molecule has 1 rings (SSSR count). The van der Waals surface area contributed by atoms with Crippen LogP contribution in [-0.2, 0) is 0 Å². The Morgan fingerprint density at radius 3 is 2.22 bits per heavy atom. The van der Waals surface area contributed by atoms with Gasteiger partial charge >= 0.3 is 0 Å². The van der Waals surface area contributed by atoms with E-state index in [-0.39, 0.29) is 0 Å². The minimum absolute atomic E-state index is 0.317. The van der Waals surface area contributed by atoms with Crippen LogP contribution in [0.25, 0.3) is 0 Å². The number of aliphatic hydroxyl groups is 1. The highest BCUT2D eigenvalue weighted by Gasteiger charge is 2.29. The Bertz CT molecular complexity index is 231. The summed E-state index contributed by atoms with van der Waals surface area (Å²) in [6.07, 6.45) is 2.52. The first-order valence-corrected chi connectivity index (χ1v) is 7.49. The van der Waals surface area contributed by atoms with Crippen LogP contribution in [-0.4, -0.2) is 47.8 Å². The van der Waals surface area contributed by atoms with Gasteiger partial charge in [-0.2, -0.15) is 0 Å². The Kier molecular flexibility index (Phi) is 6.09. The second-order valence-electron chi connectivity index (χ2n) is 6.79. The molecule has 0 bridgehead atoms. The van der Waals surface area contributed by atoms with Crippen LogP contribution in [0.15, 0.2) is 0 Å². The van der Waals surface area contributed by atoms with Crippen LogP contribution in [0.3, 0.4) is 0 Å². The first-order valence-electron chi connectivity index (χ1n) is 7.49. The van der Waals surface area contributed by atoms with Gasteiger partial charge in [0.25, 0.3) is 0 Å². The molecule has 1 aliphatic heterocycles. The van der Waals surface area contributed by atoms with Crippen molar-refractivity contribution in [3.63, 3.8) is 0 Å². The monoisotopic (exact) mass is 256 g/mol. The average molecular weight is 256 g/mol. The van der Waals surface area contributed by atoms with Crippen molar-refractivity contribution in [2.75, 3.05) is 26.2 Å². The fourth-order valence-corrected chi connectivity index (χ4v) is 2.39. The summed E-state index contributed by atoms with van der Waals surface area (Å²) in [7, 11) is 0. The van der Waals surface area contributed by atoms with E-state index in [2.05, 4.69) is 37.9 Å². The Balaban J connectivity index is 2.27. The van der Waals surface area contributed by atoms with Crippen molar-refractivity contribution in [1.29, 1.82) is 0 Å². The van der Waals surface area contributed by atoms with Crippen molar-refractivity contribution >= 4 is 0 Å². The summed E-state index contributed by atoms with van der Waals surface area (Å²) in [4.78, 5) is 2.42. The van der Waals surface area contributed by atoms with Gasteiger partial charge in [0.05, 0.1) is 5.60 Å². The number of likely N-dealkylation sites (tertiary alicyclic amines) is 1. The topological polar surface area (TPSA) is 35.5 Å². The number of piperidine rings is 1. The lowest BCUT2D eigenvalue weighted by Crippen LogP contribution is -2.48. The zero-order valence-corrected chi connectivity index (χ0v) is 12.9. The summed E-state index contributed by atoms with van der Waals surface area (Å²) < 4.78 is 0. The van der Waals surface area contributed by atoms with Crippen LogP contribution in [0.1, 0.15) is 47.5 Å². The molecule has 0 radical (unpaired) electrons. The molecule has 0 saturated carbocycles. The van der Waals surface area contributed by atoms with Crippen LogP contribution >= 0.6 is 0 Å². The Morgan fingerprint density at radius 2 is 1.78 bits per heavy atom. The second kappa shape index (κ2) is 6.88. The van der Waals surface area contributed by atoms with E-state index < -0.39 is 5.60 Å². The fourth-order valence-electron chi connectivity index (χ4n) is 2.39. The average Bonchev–Trinajstić information content (AvgIpc) is 2.27. The van der Waals surface area contributed by atoms with E-state index in [1.165, 1.54) is 12.8 Å². The lowest BCUT2D eigenvalue weighted by Gasteiger charge is -2.38. The van der Waals surface area contributed by atoms with E-state index in [1.54, 1.807) is 0 Å². The molecule has 1 unspecified atom stereocenters. The van der Waals surface area contributed by atoms with Crippen LogP contribution in [0.2, 0.25) is 0 Å². The van der Waals surface area contributed by atoms with Crippen LogP contribution < -0.4 is 5.32 Å². The van der Waals surface area contributed by atoms with E-state index in [4.69, 9.17) is 0 Å². The van der Waals surface area contributed by atoms with E-state index in [0.29, 0.717) is 12.0 Å². The van der Waals surface area contributed by atoms with Gasteiger partial charge in [-0.05, 0) is 51.2 Å². The van der Waals surface area contributed by atoms with Crippen molar-refractivity contribution in [2.45, 2.75) is 59.1 Å². The van der Waals surface area contributed by atoms with E-state index in [9.17, 15) is 5.11 Å². The summed E-state index contributed by atoms with van der Waals surface area (Å²) in [5, 5.41) is 13.9. The van der Waals surface area contributed by atoms with Gasteiger partial charge in [-0.1, -0.05) is 27.7 Å². The maximum Gasteiger partial charge on any atom is 0.0768 e. The highest BCUT2D eigenvalue weighted by atomic mass is 16.3. The van der Waals surface area contributed by atoms with Gasteiger partial charge in [-0.25, -0.2) is 0 Å². The summed E-state index contributed by atoms with van der Waals surface area (Å²) in [6, 6.07) is 0.588. The second-order valence-corrected chi connectivity index (χ2v) is 6.79. The molecule has 0 amide bonds. The molecule has 1 fully saturated rings. The molecule has 1 aliphatic rings.